The van der Waals surface area contributed by atoms with E-state index in [0.717, 1.165) is 4.31 Å². The fraction of sp³-hybridized carbons (Fsp3) is 0.357. The lowest BCUT2D eigenvalue weighted by Gasteiger charge is -2.12. The van der Waals surface area contributed by atoms with Gasteiger partial charge in [-0.05, 0) is 28.0 Å². The summed E-state index contributed by atoms with van der Waals surface area (Å²) in [7, 11) is -0.815. The lowest BCUT2D eigenvalue weighted by molar-refractivity contribution is 0.257. The number of benzene rings is 1. The van der Waals surface area contributed by atoms with Gasteiger partial charge in [0.2, 0.25) is 0 Å². The molecular formula is C14H17ClFN5O5S. The molecule has 13 heteroatoms. The zero-order valence-electron chi connectivity index (χ0n) is 14.4. The van der Waals surface area contributed by atoms with Crippen LogP contribution in [0.5, 0.6) is 5.88 Å². The number of halogens is 2. The molecule has 0 spiro atoms. The van der Waals surface area contributed by atoms with Gasteiger partial charge in [-0.1, -0.05) is 22.8 Å². The standard InChI is InChI=1S/C14H17ClFN5O5S/c1-21(2)27(23,24)17-5-6-25-14-13(19-26-20-14)12(18-22)8-9-3-4-11(16)10(15)7-9/h3-4,7,17,22H,5-6,8H2,1-2H3. The quantitative estimate of drug-likeness (QED) is 0.268. The van der Waals surface area contributed by atoms with Gasteiger partial charge in [0, 0.05) is 27.1 Å². The van der Waals surface area contributed by atoms with Gasteiger partial charge in [0.15, 0.2) is 5.69 Å². The Morgan fingerprint density at radius 3 is 2.81 bits per heavy atom. The Balaban J connectivity index is 2.02. The van der Waals surface area contributed by atoms with Gasteiger partial charge in [0.1, 0.15) is 18.1 Å². The van der Waals surface area contributed by atoms with E-state index in [1.165, 1.54) is 32.3 Å². The van der Waals surface area contributed by atoms with E-state index < -0.39 is 16.0 Å². The second-order valence-electron chi connectivity index (χ2n) is 5.42. The summed E-state index contributed by atoms with van der Waals surface area (Å²) in [6, 6.07) is 4.03. The highest BCUT2D eigenvalue weighted by Crippen LogP contribution is 2.20. The predicted octanol–water partition coefficient (Wildman–Crippen LogP) is 1.06. The van der Waals surface area contributed by atoms with Crippen molar-refractivity contribution in [3.05, 3.63) is 40.3 Å². The predicted molar refractivity (Wildman–Crippen MR) is 93.8 cm³/mol. The molecule has 0 fully saturated rings. The maximum Gasteiger partial charge on any atom is 0.285 e. The number of nitrogens with one attached hydrogen (secondary N) is 1. The molecule has 27 heavy (non-hydrogen) atoms. The first-order valence-corrected chi connectivity index (χ1v) is 9.34. The minimum absolute atomic E-state index is 0.0217. The molecular weight excluding hydrogens is 405 g/mol. The monoisotopic (exact) mass is 421 g/mol. The van der Waals surface area contributed by atoms with Crippen LogP contribution in [0, 0.1) is 5.82 Å². The molecule has 0 radical (unpaired) electrons. The average molecular weight is 422 g/mol. The highest BCUT2D eigenvalue weighted by Gasteiger charge is 2.20. The first kappa shape index (κ1) is 21.0. The number of hydrogen-bond acceptors (Lipinski definition) is 8. The summed E-state index contributed by atoms with van der Waals surface area (Å²) in [6.45, 7) is -0.110. The van der Waals surface area contributed by atoms with Crippen LogP contribution in [0.25, 0.3) is 0 Å². The van der Waals surface area contributed by atoms with Crippen LogP contribution in [0.1, 0.15) is 11.3 Å². The van der Waals surface area contributed by atoms with Crippen LogP contribution in [0.15, 0.2) is 28.0 Å². The molecule has 2 rings (SSSR count). The van der Waals surface area contributed by atoms with Gasteiger partial charge in [-0.3, -0.25) is 0 Å². The Kier molecular flexibility index (Phi) is 7.07. The van der Waals surface area contributed by atoms with Crippen molar-refractivity contribution in [2.24, 2.45) is 5.16 Å². The maximum atomic E-state index is 13.2. The first-order chi connectivity index (χ1) is 12.7. The summed E-state index contributed by atoms with van der Waals surface area (Å²) in [5, 5.41) is 19.5. The molecule has 148 valence electrons. The molecule has 1 aromatic heterocycles. The molecule has 0 atom stereocenters. The summed E-state index contributed by atoms with van der Waals surface area (Å²) in [5.74, 6) is -0.657. The van der Waals surface area contributed by atoms with Crippen LogP contribution in [0.4, 0.5) is 4.39 Å². The van der Waals surface area contributed by atoms with E-state index in [-0.39, 0.29) is 41.9 Å². The fourth-order valence-corrected chi connectivity index (χ4v) is 2.71. The lowest BCUT2D eigenvalue weighted by Crippen LogP contribution is -2.37. The summed E-state index contributed by atoms with van der Waals surface area (Å²) in [4.78, 5) is 0. The molecule has 0 aliphatic rings. The van der Waals surface area contributed by atoms with Crippen molar-refractivity contribution in [1.29, 1.82) is 0 Å². The SMILES string of the molecule is CN(C)S(=O)(=O)NCCOc1nonc1C(Cc1ccc(F)c(Cl)c1)=NO. The first-order valence-electron chi connectivity index (χ1n) is 7.52. The molecule has 0 aliphatic carbocycles. The number of nitrogens with zero attached hydrogens (tertiary/aromatic N) is 4. The van der Waals surface area contributed by atoms with Crippen molar-refractivity contribution in [3.63, 3.8) is 0 Å². The third-order valence-corrected chi connectivity index (χ3v) is 5.13. The second kappa shape index (κ2) is 9.08. The minimum Gasteiger partial charge on any atom is -0.472 e. The number of ether oxygens (including phenoxy) is 1. The number of oxime groups is 1. The molecule has 0 amide bonds. The molecule has 0 saturated carbocycles. The van der Waals surface area contributed by atoms with Crippen LogP contribution in [-0.4, -0.2) is 61.2 Å². The van der Waals surface area contributed by atoms with Crippen LogP contribution in [0.2, 0.25) is 5.02 Å². The Morgan fingerprint density at radius 2 is 2.19 bits per heavy atom. The summed E-state index contributed by atoms with van der Waals surface area (Å²) < 4.78 is 49.7. The van der Waals surface area contributed by atoms with Gasteiger partial charge in [-0.2, -0.15) is 17.4 Å². The topological polar surface area (TPSA) is 130 Å². The van der Waals surface area contributed by atoms with E-state index in [0.29, 0.717) is 5.56 Å². The highest BCUT2D eigenvalue weighted by molar-refractivity contribution is 7.87. The van der Waals surface area contributed by atoms with E-state index in [9.17, 15) is 18.0 Å². The minimum atomic E-state index is -3.58. The molecule has 10 nitrogen and oxygen atoms in total. The van der Waals surface area contributed by atoms with Crippen molar-refractivity contribution < 1.29 is 27.4 Å². The molecule has 1 aromatic carbocycles. The Labute approximate surface area is 159 Å². The van der Waals surface area contributed by atoms with Gasteiger partial charge in [-0.15, -0.1) is 0 Å². The van der Waals surface area contributed by atoms with Gasteiger partial charge in [0.25, 0.3) is 16.1 Å². The smallest absolute Gasteiger partial charge is 0.285 e. The molecule has 1 heterocycles. The van der Waals surface area contributed by atoms with Crippen LogP contribution in [0.3, 0.4) is 0 Å². The van der Waals surface area contributed by atoms with E-state index >= 15 is 0 Å². The van der Waals surface area contributed by atoms with E-state index in [1.54, 1.807) is 0 Å². The zero-order valence-corrected chi connectivity index (χ0v) is 16.0. The number of aromatic nitrogens is 2. The van der Waals surface area contributed by atoms with E-state index in [2.05, 4.69) is 24.8 Å². The van der Waals surface area contributed by atoms with Crippen LogP contribution in [-0.2, 0) is 16.6 Å². The number of rotatable bonds is 9. The lowest BCUT2D eigenvalue weighted by atomic mass is 10.1. The summed E-state index contributed by atoms with van der Waals surface area (Å²) >= 11 is 5.73. The Hall–Kier alpha value is -2.28. The normalized spacial score (nSPS) is 12.6. The van der Waals surface area contributed by atoms with Crippen molar-refractivity contribution in [3.8, 4) is 5.88 Å². The summed E-state index contributed by atoms with van der Waals surface area (Å²) in [5.41, 5.74) is 0.623. The largest absolute Gasteiger partial charge is 0.472 e. The third kappa shape index (κ3) is 5.60. The van der Waals surface area contributed by atoms with E-state index in [1.807, 2.05) is 0 Å². The molecule has 0 saturated heterocycles. The van der Waals surface area contributed by atoms with Crippen molar-refractivity contribution in [2.45, 2.75) is 6.42 Å². The zero-order chi connectivity index (χ0) is 20.0. The molecule has 2 N–H and O–H groups in total. The molecule has 2 aromatic rings. The van der Waals surface area contributed by atoms with E-state index in [4.69, 9.17) is 16.3 Å². The van der Waals surface area contributed by atoms with Crippen molar-refractivity contribution in [2.75, 3.05) is 27.2 Å². The average Bonchev–Trinajstić information content (AvgIpc) is 3.08. The number of hydrogen-bond donors (Lipinski definition) is 2. The van der Waals surface area contributed by atoms with Crippen molar-refractivity contribution >= 4 is 27.5 Å². The summed E-state index contributed by atoms with van der Waals surface area (Å²) in [6.07, 6.45) is 0.0499. The molecule has 0 unspecified atom stereocenters. The second-order valence-corrected chi connectivity index (χ2v) is 7.80. The van der Waals surface area contributed by atoms with Gasteiger partial charge >= 0.3 is 0 Å². The maximum absolute atomic E-state index is 13.2. The van der Waals surface area contributed by atoms with Crippen LogP contribution >= 0.6 is 11.6 Å². The Morgan fingerprint density at radius 1 is 1.44 bits per heavy atom. The van der Waals surface area contributed by atoms with Gasteiger partial charge in [0.05, 0.1) is 5.02 Å². The highest BCUT2D eigenvalue weighted by atomic mass is 35.5. The molecule has 0 aliphatic heterocycles. The molecule has 0 bridgehead atoms. The van der Waals surface area contributed by atoms with Crippen LogP contribution < -0.4 is 9.46 Å². The fourth-order valence-electron chi connectivity index (χ4n) is 1.91. The third-order valence-electron chi connectivity index (χ3n) is 3.31. The van der Waals surface area contributed by atoms with Gasteiger partial charge < -0.3 is 9.94 Å². The van der Waals surface area contributed by atoms with Crippen molar-refractivity contribution in [1.82, 2.24) is 19.3 Å². The van der Waals surface area contributed by atoms with Gasteiger partial charge in [-0.25, -0.2) is 9.02 Å². The Bertz CT molecular complexity index is 918.